The summed E-state index contributed by atoms with van der Waals surface area (Å²) in [5.41, 5.74) is 0.542. The van der Waals surface area contributed by atoms with Crippen molar-refractivity contribution in [3.63, 3.8) is 0 Å². The minimum Gasteiger partial charge on any atom is -0.494 e. The maximum Gasteiger partial charge on any atom is 0.239 e. The van der Waals surface area contributed by atoms with Crippen LogP contribution in [0.4, 0.5) is 8.78 Å². The molecule has 0 fully saturated rings. The highest BCUT2D eigenvalue weighted by Crippen LogP contribution is 2.10. The Morgan fingerprint density at radius 2 is 1.69 bits per heavy atom. The summed E-state index contributed by atoms with van der Waals surface area (Å²) in [5.74, 6) is -0.855. The lowest BCUT2D eigenvalue weighted by Gasteiger charge is -2.08. The van der Waals surface area contributed by atoms with E-state index in [1.54, 1.807) is 6.07 Å². The lowest BCUT2D eigenvalue weighted by Crippen LogP contribution is -2.38. The number of carbonyl (C=O) groups excluding carboxylic acids is 2. The Balaban J connectivity index is 1.55. The van der Waals surface area contributed by atoms with Gasteiger partial charge in [0, 0.05) is 6.54 Å². The standard InChI is InChI=1S/C19H20F2N2O3/c20-15-5-7-17(8-6-15)26-10-2-9-22-19(25)13-23-18(24)12-14-3-1-4-16(21)11-14/h1,3-8,11H,2,9-10,12-13H2,(H,22,25)(H,23,24). The van der Waals surface area contributed by atoms with Gasteiger partial charge in [0.2, 0.25) is 11.8 Å². The van der Waals surface area contributed by atoms with Gasteiger partial charge < -0.3 is 15.4 Å². The monoisotopic (exact) mass is 362 g/mol. The molecule has 0 spiro atoms. The number of hydrogen-bond acceptors (Lipinski definition) is 3. The molecule has 0 aliphatic carbocycles. The molecule has 0 bridgehead atoms. The van der Waals surface area contributed by atoms with Crippen molar-refractivity contribution in [2.75, 3.05) is 19.7 Å². The van der Waals surface area contributed by atoms with Gasteiger partial charge in [-0.2, -0.15) is 0 Å². The Hall–Kier alpha value is -2.96. The molecule has 0 atom stereocenters. The van der Waals surface area contributed by atoms with Crippen LogP contribution in [0.1, 0.15) is 12.0 Å². The third kappa shape index (κ3) is 7.29. The Kier molecular flexibility index (Phi) is 7.54. The zero-order valence-corrected chi connectivity index (χ0v) is 14.1. The highest BCUT2D eigenvalue weighted by molar-refractivity contribution is 5.85. The fraction of sp³-hybridized carbons (Fsp3) is 0.263. The summed E-state index contributed by atoms with van der Waals surface area (Å²) in [6.45, 7) is 0.616. The van der Waals surface area contributed by atoms with Crippen LogP contribution in [0.5, 0.6) is 5.75 Å². The van der Waals surface area contributed by atoms with Crippen molar-refractivity contribution in [3.05, 3.63) is 65.7 Å². The molecular weight excluding hydrogens is 342 g/mol. The first kappa shape index (κ1) is 19.4. The molecule has 2 rings (SSSR count). The van der Waals surface area contributed by atoms with Crippen LogP contribution in [0.25, 0.3) is 0 Å². The van der Waals surface area contributed by atoms with Crippen molar-refractivity contribution < 1.29 is 23.1 Å². The maximum atomic E-state index is 13.0. The van der Waals surface area contributed by atoms with Crippen molar-refractivity contribution >= 4 is 11.8 Å². The van der Waals surface area contributed by atoms with Crippen LogP contribution >= 0.6 is 0 Å². The summed E-state index contributed by atoms with van der Waals surface area (Å²) in [6, 6.07) is 11.4. The van der Waals surface area contributed by atoms with E-state index in [9.17, 15) is 18.4 Å². The van der Waals surface area contributed by atoms with Crippen LogP contribution in [0.3, 0.4) is 0 Å². The van der Waals surface area contributed by atoms with E-state index < -0.39 is 5.82 Å². The SMILES string of the molecule is O=C(CNC(=O)Cc1cccc(F)c1)NCCCOc1ccc(F)cc1. The number of hydrogen-bond donors (Lipinski definition) is 2. The number of ether oxygens (including phenoxy) is 1. The van der Waals surface area contributed by atoms with Crippen LogP contribution < -0.4 is 15.4 Å². The van der Waals surface area contributed by atoms with E-state index in [1.807, 2.05) is 0 Å². The third-order valence-electron chi connectivity index (χ3n) is 3.43. The second-order valence-electron chi connectivity index (χ2n) is 5.59. The number of nitrogens with one attached hydrogen (secondary N) is 2. The second kappa shape index (κ2) is 10.1. The molecule has 138 valence electrons. The molecule has 2 N–H and O–H groups in total. The first-order chi connectivity index (χ1) is 12.5. The smallest absolute Gasteiger partial charge is 0.239 e. The van der Waals surface area contributed by atoms with Gasteiger partial charge in [-0.3, -0.25) is 9.59 Å². The second-order valence-corrected chi connectivity index (χ2v) is 5.59. The topological polar surface area (TPSA) is 67.4 Å². The van der Waals surface area contributed by atoms with E-state index in [4.69, 9.17) is 4.74 Å². The van der Waals surface area contributed by atoms with Crippen LogP contribution in [0.15, 0.2) is 48.5 Å². The predicted molar refractivity (Wildman–Crippen MR) is 92.6 cm³/mol. The molecule has 0 aromatic heterocycles. The van der Waals surface area contributed by atoms with Gasteiger partial charge in [-0.25, -0.2) is 8.78 Å². The Labute approximate surface area is 150 Å². The molecule has 2 aromatic rings. The van der Waals surface area contributed by atoms with E-state index in [2.05, 4.69) is 10.6 Å². The highest BCUT2D eigenvalue weighted by Gasteiger charge is 2.07. The summed E-state index contributed by atoms with van der Waals surface area (Å²) >= 11 is 0. The molecular formula is C19H20F2N2O3. The van der Waals surface area contributed by atoms with Crippen molar-refractivity contribution in [1.29, 1.82) is 0 Å². The predicted octanol–water partition coefficient (Wildman–Crippen LogP) is 2.21. The largest absolute Gasteiger partial charge is 0.494 e. The van der Waals surface area contributed by atoms with E-state index in [0.717, 1.165) is 0 Å². The highest BCUT2D eigenvalue weighted by atomic mass is 19.1. The van der Waals surface area contributed by atoms with Crippen LogP contribution in [-0.2, 0) is 16.0 Å². The molecule has 5 nitrogen and oxygen atoms in total. The Morgan fingerprint density at radius 3 is 2.42 bits per heavy atom. The third-order valence-corrected chi connectivity index (χ3v) is 3.43. The summed E-state index contributed by atoms with van der Waals surface area (Å²) in [7, 11) is 0. The molecule has 2 aromatic carbocycles. The van der Waals surface area contributed by atoms with Gasteiger partial charge in [-0.1, -0.05) is 12.1 Å². The quantitative estimate of drug-likeness (QED) is 0.672. The molecule has 0 heterocycles. The van der Waals surface area contributed by atoms with Crippen molar-refractivity contribution in [2.45, 2.75) is 12.8 Å². The lowest BCUT2D eigenvalue weighted by atomic mass is 10.1. The minimum absolute atomic E-state index is 0.0105. The summed E-state index contributed by atoms with van der Waals surface area (Å²) in [6.07, 6.45) is 0.580. The minimum atomic E-state index is -0.407. The van der Waals surface area contributed by atoms with E-state index in [0.29, 0.717) is 30.9 Å². The molecule has 0 aliphatic heterocycles. The molecule has 26 heavy (non-hydrogen) atoms. The first-order valence-electron chi connectivity index (χ1n) is 8.19. The number of carbonyl (C=O) groups is 2. The molecule has 0 aliphatic rings. The van der Waals surface area contributed by atoms with Crippen molar-refractivity contribution in [1.82, 2.24) is 10.6 Å². The number of halogens is 2. The molecule has 0 saturated carbocycles. The van der Waals surface area contributed by atoms with Gasteiger partial charge >= 0.3 is 0 Å². The summed E-state index contributed by atoms with van der Waals surface area (Å²) in [4.78, 5) is 23.4. The summed E-state index contributed by atoms with van der Waals surface area (Å²) < 4.78 is 31.2. The van der Waals surface area contributed by atoms with Gasteiger partial charge in [-0.15, -0.1) is 0 Å². The van der Waals surface area contributed by atoms with Crippen molar-refractivity contribution in [2.24, 2.45) is 0 Å². The molecule has 0 radical (unpaired) electrons. The van der Waals surface area contributed by atoms with E-state index in [1.165, 1.54) is 42.5 Å². The number of amides is 2. The van der Waals surface area contributed by atoms with E-state index in [-0.39, 0.29) is 30.6 Å². The normalized spacial score (nSPS) is 10.2. The zero-order valence-electron chi connectivity index (χ0n) is 14.1. The number of benzene rings is 2. The van der Waals surface area contributed by atoms with Crippen molar-refractivity contribution in [3.8, 4) is 5.75 Å². The average molecular weight is 362 g/mol. The summed E-state index contributed by atoms with van der Waals surface area (Å²) in [5, 5.41) is 5.13. The maximum absolute atomic E-state index is 13.0. The van der Waals surface area contributed by atoms with Gasteiger partial charge in [-0.05, 0) is 48.4 Å². The molecule has 2 amide bonds. The van der Waals surface area contributed by atoms with Gasteiger partial charge in [0.25, 0.3) is 0 Å². The zero-order chi connectivity index (χ0) is 18.8. The van der Waals surface area contributed by atoms with Crippen LogP contribution in [0, 0.1) is 11.6 Å². The van der Waals surface area contributed by atoms with Gasteiger partial charge in [0.05, 0.1) is 19.6 Å². The van der Waals surface area contributed by atoms with Gasteiger partial charge in [0.15, 0.2) is 0 Å². The Morgan fingerprint density at radius 1 is 0.923 bits per heavy atom. The van der Waals surface area contributed by atoms with Gasteiger partial charge in [0.1, 0.15) is 17.4 Å². The Bertz CT molecular complexity index is 736. The molecule has 0 unspecified atom stereocenters. The molecule has 0 saturated heterocycles. The fourth-order valence-electron chi connectivity index (χ4n) is 2.16. The number of rotatable bonds is 9. The fourth-order valence-corrected chi connectivity index (χ4v) is 2.16. The average Bonchev–Trinajstić information content (AvgIpc) is 2.61. The first-order valence-corrected chi connectivity index (χ1v) is 8.19. The van der Waals surface area contributed by atoms with Crippen LogP contribution in [0.2, 0.25) is 0 Å². The van der Waals surface area contributed by atoms with Crippen LogP contribution in [-0.4, -0.2) is 31.5 Å². The van der Waals surface area contributed by atoms with E-state index >= 15 is 0 Å². The lowest BCUT2D eigenvalue weighted by molar-refractivity contribution is -0.125. The molecule has 7 heteroatoms.